The summed E-state index contributed by atoms with van der Waals surface area (Å²) in [4.78, 5) is 21.2. The van der Waals surface area contributed by atoms with Crippen molar-refractivity contribution in [2.75, 3.05) is 5.75 Å². The van der Waals surface area contributed by atoms with E-state index in [2.05, 4.69) is 54.7 Å². The summed E-state index contributed by atoms with van der Waals surface area (Å²) in [5, 5.41) is 9.34. The molecule has 3 rings (SSSR count). The zero-order chi connectivity index (χ0) is 20.3. The molecule has 0 aliphatic carbocycles. The number of thioether (sulfide) groups is 1. The van der Waals surface area contributed by atoms with Crippen LogP contribution in [0.1, 0.15) is 74.0 Å². The highest BCUT2D eigenvalue weighted by Crippen LogP contribution is 2.42. The van der Waals surface area contributed by atoms with E-state index >= 15 is 0 Å². The summed E-state index contributed by atoms with van der Waals surface area (Å²) in [6, 6.07) is 4.47. The van der Waals surface area contributed by atoms with E-state index in [0.717, 1.165) is 17.7 Å². The third-order valence-electron chi connectivity index (χ3n) is 5.24. The van der Waals surface area contributed by atoms with E-state index in [-0.39, 0.29) is 5.41 Å². The van der Waals surface area contributed by atoms with Gasteiger partial charge in [0.25, 0.3) is 0 Å². The standard InChI is InChI=1S/C23H26N2O2S/c1-5-6-18(22(26)27)21-24-13-16(14-25-21)7-8-17-12-19-20(11-15(17)2)28-10-9-23(19,3)4/h11-14,18H,5-6,9-10H2,1-4H3,(H,26,27). The maximum atomic E-state index is 11.4. The molecule has 1 atom stereocenters. The quantitative estimate of drug-likeness (QED) is 0.745. The van der Waals surface area contributed by atoms with Crippen LogP contribution in [0.5, 0.6) is 0 Å². The molecule has 1 aliphatic rings. The molecule has 4 nitrogen and oxygen atoms in total. The van der Waals surface area contributed by atoms with Crippen molar-refractivity contribution in [2.24, 2.45) is 0 Å². The van der Waals surface area contributed by atoms with Crippen molar-refractivity contribution in [3.05, 3.63) is 52.6 Å². The minimum atomic E-state index is -0.883. The number of fused-ring (bicyclic) bond motifs is 1. The first-order chi connectivity index (χ1) is 13.3. The first-order valence-electron chi connectivity index (χ1n) is 9.66. The SMILES string of the molecule is CCCC(C(=O)O)c1ncc(C#Cc2cc3c(cc2C)SCCC3(C)C)cn1. The normalized spacial score (nSPS) is 15.9. The van der Waals surface area contributed by atoms with E-state index < -0.39 is 11.9 Å². The van der Waals surface area contributed by atoms with Gasteiger partial charge >= 0.3 is 5.97 Å². The number of aliphatic carboxylic acids is 1. The molecule has 0 radical (unpaired) electrons. The largest absolute Gasteiger partial charge is 0.481 e. The molecule has 28 heavy (non-hydrogen) atoms. The Morgan fingerprint density at radius 2 is 2.00 bits per heavy atom. The van der Waals surface area contributed by atoms with Gasteiger partial charge in [0.2, 0.25) is 0 Å². The van der Waals surface area contributed by atoms with Gasteiger partial charge in [-0.15, -0.1) is 11.8 Å². The van der Waals surface area contributed by atoms with Crippen molar-refractivity contribution in [2.45, 2.75) is 63.2 Å². The number of hydrogen-bond donors (Lipinski definition) is 1. The van der Waals surface area contributed by atoms with Crippen molar-refractivity contribution in [1.82, 2.24) is 9.97 Å². The minimum absolute atomic E-state index is 0.167. The second kappa shape index (κ2) is 8.36. The fraction of sp³-hybridized carbons (Fsp3) is 0.435. The van der Waals surface area contributed by atoms with Gasteiger partial charge in [0, 0.05) is 22.9 Å². The number of carbonyl (C=O) groups is 1. The fourth-order valence-electron chi connectivity index (χ4n) is 3.39. The summed E-state index contributed by atoms with van der Waals surface area (Å²) in [5.74, 6) is 6.36. The highest BCUT2D eigenvalue weighted by atomic mass is 32.2. The lowest BCUT2D eigenvalue weighted by molar-refractivity contribution is -0.139. The molecular formula is C23H26N2O2S. The third kappa shape index (κ3) is 4.39. The van der Waals surface area contributed by atoms with Crippen LogP contribution in [0.25, 0.3) is 0 Å². The van der Waals surface area contributed by atoms with Crippen LogP contribution in [0.3, 0.4) is 0 Å². The Morgan fingerprint density at radius 1 is 1.29 bits per heavy atom. The van der Waals surface area contributed by atoms with E-state index in [1.54, 1.807) is 12.4 Å². The number of rotatable bonds is 4. The Labute approximate surface area is 171 Å². The van der Waals surface area contributed by atoms with Gasteiger partial charge in [-0.25, -0.2) is 9.97 Å². The van der Waals surface area contributed by atoms with Crippen molar-refractivity contribution < 1.29 is 9.90 Å². The topological polar surface area (TPSA) is 63.1 Å². The summed E-state index contributed by atoms with van der Waals surface area (Å²) < 4.78 is 0. The van der Waals surface area contributed by atoms with Gasteiger partial charge < -0.3 is 5.11 Å². The van der Waals surface area contributed by atoms with Gasteiger partial charge in [-0.2, -0.15) is 0 Å². The Kier molecular flexibility index (Phi) is 6.10. The Morgan fingerprint density at radius 3 is 2.64 bits per heavy atom. The molecule has 0 amide bonds. The number of hydrogen-bond acceptors (Lipinski definition) is 4. The highest BCUT2D eigenvalue weighted by Gasteiger charge is 2.28. The third-order valence-corrected chi connectivity index (χ3v) is 6.30. The van der Waals surface area contributed by atoms with Gasteiger partial charge in [-0.3, -0.25) is 4.79 Å². The van der Waals surface area contributed by atoms with Gasteiger partial charge in [-0.1, -0.05) is 39.0 Å². The predicted molar refractivity (Wildman–Crippen MR) is 113 cm³/mol. The van der Waals surface area contributed by atoms with Gasteiger partial charge in [0.15, 0.2) is 0 Å². The first-order valence-corrected chi connectivity index (χ1v) is 10.6. The fourth-order valence-corrected chi connectivity index (χ4v) is 4.97. The molecule has 1 N–H and O–H groups in total. The summed E-state index contributed by atoms with van der Waals surface area (Å²) in [7, 11) is 0. The molecule has 0 fully saturated rings. The van der Waals surface area contributed by atoms with Crippen molar-refractivity contribution in [3.63, 3.8) is 0 Å². The van der Waals surface area contributed by atoms with E-state index in [1.807, 2.05) is 18.7 Å². The molecule has 2 heterocycles. The van der Waals surface area contributed by atoms with E-state index in [4.69, 9.17) is 0 Å². The lowest BCUT2D eigenvalue weighted by Crippen LogP contribution is -2.23. The number of benzene rings is 1. The molecule has 5 heteroatoms. The smallest absolute Gasteiger partial charge is 0.314 e. The van der Waals surface area contributed by atoms with Crippen LogP contribution in [0.4, 0.5) is 0 Å². The molecule has 2 aromatic rings. The monoisotopic (exact) mass is 394 g/mol. The van der Waals surface area contributed by atoms with Crippen LogP contribution in [-0.2, 0) is 10.2 Å². The summed E-state index contributed by atoms with van der Waals surface area (Å²) in [6.07, 6.45) is 5.71. The Hall–Kier alpha value is -2.32. The molecular weight excluding hydrogens is 368 g/mol. The van der Waals surface area contributed by atoms with E-state index in [9.17, 15) is 9.90 Å². The van der Waals surface area contributed by atoms with E-state index in [0.29, 0.717) is 17.8 Å². The number of aromatic nitrogens is 2. The van der Waals surface area contributed by atoms with Crippen LogP contribution >= 0.6 is 11.8 Å². The zero-order valence-corrected chi connectivity index (χ0v) is 17.7. The van der Waals surface area contributed by atoms with Crippen molar-refractivity contribution in [3.8, 4) is 11.8 Å². The van der Waals surface area contributed by atoms with Crippen LogP contribution in [-0.4, -0.2) is 26.8 Å². The molecule has 0 saturated heterocycles. The average Bonchev–Trinajstić information content (AvgIpc) is 2.65. The van der Waals surface area contributed by atoms with Crippen LogP contribution in [0.2, 0.25) is 0 Å². The maximum absolute atomic E-state index is 11.4. The lowest BCUT2D eigenvalue weighted by atomic mass is 9.80. The van der Waals surface area contributed by atoms with Crippen LogP contribution < -0.4 is 0 Å². The number of carboxylic acids is 1. The molecule has 1 aromatic heterocycles. The molecule has 0 spiro atoms. The number of aryl methyl sites for hydroxylation is 1. The van der Waals surface area contributed by atoms with Gasteiger partial charge in [0.05, 0.1) is 5.56 Å². The second-order valence-corrected chi connectivity index (χ2v) is 9.04. The first kappa shape index (κ1) is 20.4. The molecule has 146 valence electrons. The number of carboxylic acid groups (broad SMARTS) is 1. The lowest BCUT2D eigenvalue weighted by Gasteiger charge is -2.32. The summed E-state index contributed by atoms with van der Waals surface area (Å²) in [5.41, 5.74) is 4.42. The van der Waals surface area contributed by atoms with Gasteiger partial charge in [0.1, 0.15) is 11.7 Å². The van der Waals surface area contributed by atoms with Gasteiger partial charge in [-0.05, 0) is 54.2 Å². The second-order valence-electron chi connectivity index (χ2n) is 7.91. The summed E-state index contributed by atoms with van der Waals surface area (Å²) in [6.45, 7) is 8.63. The highest BCUT2D eigenvalue weighted by molar-refractivity contribution is 7.99. The molecule has 0 saturated carbocycles. The Balaban J connectivity index is 1.87. The average molecular weight is 395 g/mol. The molecule has 1 unspecified atom stereocenters. The Bertz CT molecular complexity index is 940. The predicted octanol–water partition coefficient (Wildman–Crippen LogP) is 4.93. The van der Waals surface area contributed by atoms with Crippen LogP contribution in [0, 0.1) is 18.8 Å². The van der Waals surface area contributed by atoms with Crippen LogP contribution in [0.15, 0.2) is 29.4 Å². The van der Waals surface area contributed by atoms with E-state index in [1.165, 1.54) is 22.4 Å². The number of nitrogens with zero attached hydrogens (tertiary/aromatic N) is 2. The zero-order valence-electron chi connectivity index (χ0n) is 16.9. The van der Waals surface area contributed by atoms with Crippen molar-refractivity contribution >= 4 is 17.7 Å². The molecule has 0 bridgehead atoms. The van der Waals surface area contributed by atoms with Crippen molar-refractivity contribution in [1.29, 1.82) is 0 Å². The minimum Gasteiger partial charge on any atom is -0.481 e. The maximum Gasteiger partial charge on any atom is 0.314 e. The molecule has 1 aliphatic heterocycles. The molecule has 1 aromatic carbocycles. The summed E-state index contributed by atoms with van der Waals surface area (Å²) >= 11 is 1.92.